The average molecular weight is 350 g/mol. The first-order valence-electron chi connectivity index (χ1n) is 5.44. The SMILES string of the molecule is Cc1cc(Oc2ccc(F)c(C(F)(F)F)c2)ncc1Br. The Labute approximate surface area is 120 Å². The smallest absolute Gasteiger partial charge is 0.419 e. The first-order valence-corrected chi connectivity index (χ1v) is 6.23. The van der Waals surface area contributed by atoms with E-state index in [4.69, 9.17) is 4.74 Å². The molecule has 0 aliphatic carbocycles. The Balaban J connectivity index is 2.32. The molecule has 0 N–H and O–H groups in total. The number of hydrogen-bond donors (Lipinski definition) is 0. The first kappa shape index (κ1) is 14.8. The van der Waals surface area contributed by atoms with Gasteiger partial charge in [-0.15, -0.1) is 0 Å². The van der Waals surface area contributed by atoms with Gasteiger partial charge in [0, 0.05) is 16.7 Å². The van der Waals surface area contributed by atoms with Crippen molar-refractivity contribution in [3.05, 3.63) is 51.9 Å². The van der Waals surface area contributed by atoms with Crippen LogP contribution >= 0.6 is 15.9 Å². The Kier molecular flexibility index (Phi) is 3.99. The minimum Gasteiger partial charge on any atom is -0.439 e. The largest absolute Gasteiger partial charge is 0.439 e. The van der Waals surface area contributed by atoms with Crippen LogP contribution in [0.25, 0.3) is 0 Å². The van der Waals surface area contributed by atoms with E-state index < -0.39 is 17.6 Å². The second-order valence-corrected chi connectivity index (χ2v) is 4.87. The zero-order valence-corrected chi connectivity index (χ0v) is 11.7. The molecular formula is C13H8BrF4NO. The van der Waals surface area contributed by atoms with Gasteiger partial charge in [-0.1, -0.05) is 0 Å². The van der Waals surface area contributed by atoms with Gasteiger partial charge in [0.2, 0.25) is 5.88 Å². The van der Waals surface area contributed by atoms with Gasteiger partial charge >= 0.3 is 6.18 Å². The molecule has 20 heavy (non-hydrogen) atoms. The molecule has 7 heteroatoms. The standard InChI is InChI=1S/C13H8BrF4NO/c1-7-4-12(19-6-10(7)14)20-8-2-3-11(15)9(5-8)13(16,17)18/h2-6H,1H3. The number of pyridine rings is 1. The maximum absolute atomic E-state index is 13.1. The van der Waals surface area contributed by atoms with Crippen LogP contribution in [0.5, 0.6) is 11.6 Å². The quantitative estimate of drug-likeness (QED) is 0.703. The van der Waals surface area contributed by atoms with Gasteiger partial charge in [-0.05, 0) is 46.6 Å². The van der Waals surface area contributed by atoms with E-state index in [1.54, 1.807) is 13.0 Å². The molecule has 0 amide bonds. The Hall–Kier alpha value is -1.63. The molecular weight excluding hydrogens is 342 g/mol. The van der Waals surface area contributed by atoms with Crippen LogP contribution in [0.3, 0.4) is 0 Å². The molecule has 0 aliphatic rings. The minimum atomic E-state index is -4.77. The highest BCUT2D eigenvalue weighted by Gasteiger charge is 2.34. The van der Waals surface area contributed by atoms with Crippen LogP contribution in [0.15, 0.2) is 34.9 Å². The van der Waals surface area contributed by atoms with E-state index in [9.17, 15) is 17.6 Å². The fourth-order valence-corrected chi connectivity index (χ4v) is 1.69. The van der Waals surface area contributed by atoms with Crippen LogP contribution in [0, 0.1) is 12.7 Å². The van der Waals surface area contributed by atoms with E-state index in [2.05, 4.69) is 20.9 Å². The van der Waals surface area contributed by atoms with E-state index in [0.29, 0.717) is 12.1 Å². The second kappa shape index (κ2) is 5.40. The van der Waals surface area contributed by atoms with E-state index in [1.165, 1.54) is 6.20 Å². The number of ether oxygens (including phenoxy) is 1. The van der Waals surface area contributed by atoms with Gasteiger partial charge in [0.05, 0.1) is 5.56 Å². The lowest BCUT2D eigenvalue weighted by Crippen LogP contribution is -2.08. The van der Waals surface area contributed by atoms with E-state index in [-0.39, 0.29) is 11.6 Å². The van der Waals surface area contributed by atoms with Crippen molar-refractivity contribution in [1.29, 1.82) is 0 Å². The van der Waals surface area contributed by atoms with Crippen molar-refractivity contribution in [3.8, 4) is 11.6 Å². The molecule has 0 aliphatic heterocycles. The molecule has 0 radical (unpaired) electrons. The Morgan fingerprint density at radius 1 is 1.20 bits per heavy atom. The van der Waals surface area contributed by atoms with Crippen molar-refractivity contribution < 1.29 is 22.3 Å². The normalized spacial score (nSPS) is 11.5. The number of aromatic nitrogens is 1. The zero-order valence-electron chi connectivity index (χ0n) is 10.1. The summed E-state index contributed by atoms with van der Waals surface area (Å²) in [5.74, 6) is -1.34. The molecule has 2 nitrogen and oxygen atoms in total. The molecule has 2 aromatic rings. The summed E-state index contributed by atoms with van der Waals surface area (Å²) < 4.78 is 56.8. The fraction of sp³-hybridized carbons (Fsp3) is 0.154. The van der Waals surface area contributed by atoms with Crippen LogP contribution < -0.4 is 4.74 Å². The topological polar surface area (TPSA) is 22.1 Å². The van der Waals surface area contributed by atoms with Crippen LogP contribution in [0.4, 0.5) is 17.6 Å². The highest BCUT2D eigenvalue weighted by atomic mass is 79.9. The van der Waals surface area contributed by atoms with Crippen molar-refractivity contribution in [1.82, 2.24) is 4.98 Å². The van der Waals surface area contributed by atoms with E-state index in [0.717, 1.165) is 16.1 Å². The molecule has 0 spiro atoms. The van der Waals surface area contributed by atoms with Gasteiger partial charge in [0.25, 0.3) is 0 Å². The number of benzene rings is 1. The highest BCUT2D eigenvalue weighted by molar-refractivity contribution is 9.10. The van der Waals surface area contributed by atoms with E-state index in [1.807, 2.05) is 0 Å². The van der Waals surface area contributed by atoms with Gasteiger partial charge < -0.3 is 4.74 Å². The molecule has 106 valence electrons. The van der Waals surface area contributed by atoms with Gasteiger partial charge in [-0.2, -0.15) is 13.2 Å². The Bertz CT molecular complexity index is 643. The van der Waals surface area contributed by atoms with Gasteiger partial charge in [-0.3, -0.25) is 0 Å². The monoisotopic (exact) mass is 349 g/mol. The van der Waals surface area contributed by atoms with Crippen molar-refractivity contribution in [2.75, 3.05) is 0 Å². The summed E-state index contributed by atoms with van der Waals surface area (Å²) in [5, 5.41) is 0. The first-order chi connectivity index (χ1) is 9.27. The lowest BCUT2D eigenvalue weighted by atomic mass is 10.2. The fourth-order valence-electron chi connectivity index (χ4n) is 1.48. The molecule has 0 saturated carbocycles. The number of nitrogens with zero attached hydrogens (tertiary/aromatic N) is 1. The summed E-state index contributed by atoms with van der Waals surface area (Å²) in [6.07, 6.45) is -3.30. The molecule has 0 unspecified atom stereocenters. The maximum atomic E-state index is 13.1. The molecule has 0 bridgehead atoms. The lowest BCUT2D eigenvalue weighted by molar-refractivity contribution is -0.140. The van der Waals surface area contributed by atoms with Gasteiger partial charge in [0.15, 0.2) is 0 Å². The third kappa shape index (κ3) is 3.27. The van der Waals surface area contributed by atoms with Gasteiger partial charge in [-0.25, -0.2) is 9.37 Å². The van der Waals surface area contributed by atoms with Crippen molar-refractivity contribution in [2.24, 2.45) is 0 Å². The predicted molar refractivity (Wildman–Crippen MR) is 68.2 cm³/mol. The third-order valence-electron chi connectivity index (χ3n) is 2.49. The maximum Gasteiger partial charge on any atom is 0.419 e. The number of alkyl halides is 3. The van der Waals surface area contributed by atoms with Crippen molar-refractivity contribution in [3.63, 3.8) is 0 Å². The molecule has 1 aromatic carbocycles. The molecule has 2 rings (SSSR count). The van der Waals surface area contributed by atoms with Crippen molar-refractivity contribution in [2.45, 2.75) is 13.1 Å². The zero-order chi connectivity index (χ0) is 14.9. The summed E-state index contributed by atoms with van der Waals surface area (Å²) >= 11 is 3.25. The highest BCUT2D eigenvalue weighted by Crippen LogP contribution is 2.34. The molecule has 1 aromatic heterocycles. The Morgan fingerprint density at radius 2 is 1.90 bits per heavy atom. The summed E-state index contributed by atoms with van der Waals surface area (Å²) in [6, 6.07) is 3.99. The van der Waals surface area contributed by atoms with Crippen LogP contribution in [-0.2, 0) is 6.18 Å². The van der Waals surface area contributed by atoms with E-state index >= 15 is 0 Å². The molecule has 0 saturated heterocycles. The lowest BCUT2D eigenvalue weighted by Gasteiger charge is -2.11. The van der Waals surface area contributed by atoms with Gasteiger partial charge in [0.1, 0.15) is 11.6 Å². The minimum absolute atomic E-state index is 0.130. The summed E-state index contributed by atoms with van der Waals surface area (Å²) in [6.45, 7) is 1.78. The Morgan fingerprint density at radius 3 is 2.50 bits per heavy atom. The van der Waals surface area contributed by atoms with Crippen LogP contribution in [0.2, 0.25) is 0 Å². The summed E-state index contributed by atoms with van der Waals surface area (Å²) in [7, 11) is 0. The second-order valence-electron chi connectivity index (χ2n) is 4.01. The van der Waals surface area contributed by atoms with Crippen LogP contribution in [0.1, 0.15) is 11.1 Å². The third-order valence-corrected chi connectivity index (χ3v) is 3.32. The number of halogens is 5. The summed E-state index contributed by atoms with van der Waals surface area (Å²) in [5.41, 5.74) is -0.558. The molecule has 0 atom stereocenters. The number of rotatable bonds is 2. The molecule has 1 heterocycles. The number of aryl methyl sites for hydroxylation is 1. The van der Waals surface area contributed by atoms with Crippen LogP contribution in [-0.4, -0.2) is 4.98 Å². The number of hydrogen-bond acceptors (Lipinski definition) is 2. The summed E-state index contributed by atoms with van der Waals surface area (Å²) in [4.78, 5) is 3.90. The molecule has 0 fully saturated rings. The van der Waals surface area contributed by atoms with Crippen molar-refractivity contribution >= 4 is 15.9 Å². The predicted octanol–water partition coefficient (Wildman–Crippen LogP) is 5.10. The average Bonchev–Trinajstić information content (AvgIpc) is 2.35.